The minimum atomic E-state index is 0.687. The lowest BCUT2D eigenvalue weighted by Crippen LogP contribution is -2.39. The first-order valence-electron chi connectivity index (χ1n) is 6.47. The van der Waals surface area contributed by atoms with E-state index in [1.54, 1.807) is 13.4 Å². The average Bonchev–Trinajstić information content (AvgIpc) is 2.36. The summed E-state index contributed by atoms with van der Waals surface area (Å²) >= 11 is 0. The third-order valence-electron chi connectivity index (χ3n) is 3.39. The second-order valence-electron chi connectivity index (χ2n) is 5.18. The number of hydrogen-bond donors (Lipinski definition) is 1. The Hall–Kier alpha value is -1.52. The molecule has 2 heterocycles. The first-order chi connectivity index (χ1) is 8.65. The summed E-state index contributed by atoms with van der Waals surface area (Å²) in [5.41, 5.74) is 0. The van der Waals surface area contributed by atoms with Crippen molar-refractivity contribution in [3.8, 4) is 5.75 Å². The fraction of sp³-hybridized carbons (Fsp3) is 0.692. The van der Waals surface area contributed by atoms with Gasteiger partial charge in [0.1, 0.15) is 6.33 Å². The first kappa shape index (κ1) is 12.9. The molecule has 1 aromatic heterocycles. The second-order valence-corrected chi connectivity index (χ2v) is 5.18. The minimum Gasteiger partial charge on any atom is -0.490 e. The zero-order valence-electron chi connectivity index (χ0n) is 11.6. The summed E-state index contributed by atoms with van der Waals surface area (Å²) in [6, 6.07) is 0. The number of nitrogens with one attached hydrogen (secondary N) is 1. The van der Waals surface area contributed by atoms with Crippen LogP contribution in [0.25, 0.3) is 0 Å². The maximum atomic E-state index is 5.46. The highest BCUT2D eigenvalue weighted by Gasteiger charge is 2.26. The highest BCUT2D eigenvalue weighted by molar-refractivity contribution is 5.64. The zero-order chi connectivity index (χ0) is 13.1. The van der Waals surface area contributed by atoms with Gasteiger partial charge in [-0.3, -0.25) is 0 Å². The summed E-state index contributed by atoms with van der Waals surface area (Å²) in [6.07, 6.45) is 2.87. The van der Waals surface area contributed by atoms with Gasteiger partial charge in [-0.05, 0) is 18.3 Å². The van der Waals surface area contributed by atoms with Gasteiger partial charge in [-0.2, -0.15) is 0 Å². The van der Waals surface area contributed by atoms with E-state index in [1.807, 2.05) is 7.05 Å². The topological polar surface area (TPSA) is 50.3 Å². The molecule has 1 N–H and O–H groups in total. The van der Waals surface area contributed by atoms with Gasteiger partial charge in [0.15, 0.2) is 11.6 Å². The molecule has 100 valence electrons. The standard InChI is InChI=1S/C13H22N4O/c1-9-5-10(2)7-17(6-9)13-11(18-4)12(14-3)15-8-16-13/h8-10H,5-7H2,1-4H3,(H,14,15,16). The van der Waals surface area contributed by atoms with Crippen LogP contribution < -0.4 is 15.0 Å². The number of anilines is 2. The summed E-state index contributed by atoms with van der Waals surface area (Å²) in [7, 11) is 3.51. The van der Waals surface area contributed by atoms with Gasteiger partial charge in [-0.25, -0.2) is 9.97 Å². The zero-order valence-corrected chi connectivity index (χ0v) is 11.6. The molecule has 1 aliphatic rings. The highest BCUT2D eigenvalue weighted by Crippen LogP contribution is 2.34. The summed E-state index contributed by atoms with van der Waals surface area (Å²) in [6.45, 7) is 6.63. The van der Waals surface area contributed by atoms with Crippen molar-refractivity contribution in [1.82, 2.24) is 9.97 Å². The molecule has 0 saturated carbocycles. The van der Waals surface area contributed by atoms with Crippen LogP contribution in [-0.2, 0) is 0 Å². The molecule has 2 atom stereocenters. The summed E-state index contributed by atoms with van der Waals surface area (Å²) in [5, 5.41) is 3.05. The lowest BCUT2D eigenvalue weighted by Gasteiger charge is -2.36. The van der Waals surface area contributed by atoms with Gasteiger partial charge in [-0.1, -0.05) is 13.8 Å². The number of hydrogen-bond acceptors (Lipinski definition) is 5. The van der Waals surface area contributed by atoms with Crippen LogP contribution in [0.5, 0.6) is 5.75 Å². The van der Waals surface area contributed by atoms with Crippen LogP contribution in [0.2, 0.25) is 0 Å². The van der Waals surface area contributed by atoms with Crippen molar-refractivity contribution in [2.24, 2.45) is 11.8 Å². The van der Waals surface area contributed by atoms with Crippen molar-refractivity contribution >= 4 is 11.6 Å². The molecule has 2 unspecified atom stereocenters. The van der Waals surface area contributed by atoms with Crippen LogP contribution in [0.4, 0.5) is 11.6 Å². The summed E-state index contributed by atoms with van der Waals surface area (Å²) in [4.78, 5) is 10.9. The molecule has 1 aromatic rings. The van der Waals surface area contributed by atoms with Gasteiger partial charge in [0.2, 0.25) is 5.75 Å². The second kappa shape index (κ2) is 5.42. The van der Waals surface area contributed by atoms with Crippen molar-refractivity contribution in [1.29, 1.82) is 0 Å². The van der Waals surface area contributed by atoms with Crippen molar-refractivity contribution in [3.05, 3.63) is 6.33 Å². The lowest BCUT2D eigenvalue weighted by molar-refractivity contribution is 0.349. The van der Waals surface area contributed by atoms with E-state index in [9.17, 15) is 0 Å². The molecule has 0 radical (unpaired) electrons. The SMILES string of the molecule is CNc1ncnc(N2CC(C)CC(C)C2)c1OC. The summed E-state index contributed by atoms with van der Waals surface area (Å²) < 4.78 is 5.46. The number of aromatic nitrogens is 2. The largest absolute Gasteiger partial charge is 0.490 e. The fourth-order valence-electron chi connectivity index (χ4n) is 2.79. The number of nitrogens with zero attached hydrogens (tertiary/aromatic N) is 3. The average molecular weight is 250 g/mol. The molecule has 0 amide bonds. The third-order valence-corrected chi connectivity index (χ3v) is 3.39. The van der Waals surface area contributed by atoms with Gasteiger partial charge in [0, 0.05) is 20.1 Å². The molecule has 0 spiro atoms. The van der Waals surface area contributed by atoms with Gasteiger partial charge < -0.3 is 15.0 Å². The predicted molar refractivity (Wildman–Crippen MR) is 73.3 cm³/mol. The molecule has 1 saturated heterocycles. The van der Waals surface area contributed by atoms with Crippen molar-refractivity contribution < 1.29 is 4.74 Å². The molecule has 0 aromatic carbocycles. The number of methoxy groups -OCH3 is 1. The molecule has 18 heavy (non-hydrogen) atoms. The van der Waals surface area contributed by atoms with E-state index >= 15 is 0 Å². The van der Waals surface area contributed by atoms with Crippen LogP contribution in [0.3, 0.4) is 0 Å². The van der Waals surface area contributed by atoms with Crippen LogP contribution in [0.1, 0.15) is 20.3 Å². The Morgan fingerprint density at radius 2 is 1.94 bits per heavy atom. The normalized spacial score (nSPS) is 23.9. The molecular weight excluding hydrogens is 228 g/mol. The Labute approximate surface area is 109 Å². The predicted octanol–water partition coefficient (Wildman–Crippen LogP) is 2.01. The smallest absolute Gasteiger partial charge is 0.204 e. The first-order valence-corrected chi connectivity index (χ1v) is 6.47. The Bertz CT molecular complexity index is 400. The maximum Gasteiger partial charge on any atom is 0.204 e. The van der Waals surface area contributed by atoms with Crippen LogP contribution >= 0.6 is 0 Å². The summed E-state index contributed by atoms with van der Waals surface area (Å²) in [5.74, 6) is 3.75. The van der Waals surface area contributed by atoms with E-state index in [-0.39, 0.29) is 0 Å². The van der Waals surface area contributed by atoms with Crippen LogP contribution in [-0.4, -0.2) is 37.2 Å². The lowest BCUT2D eigenvalue weighted by atomic mass is 9.92. The quantitative estimate of drug-likeness (QED) is 0.889. The molecule has 5 nitrogen and oxygen atoms in total. The molecular formula is C13H22N4O. The van der Waals surface area contributed by atoms with Crippen molar-refractivity contribution in [2.75, 3.05) is 37.5 Å². The maximum absolute atomic E-state index is 5.46. The van der Waals surface area contributed by atoms with Gasteiger partial charge in [0.25, 0.3) is 0 Å². The Morgan fingerprint density at radius 3 is 2.50 bits per heavy atom. The van der Waals surface area contributed by atoms with E-state index in [0.29, 0.717) is 11.8 Å². The molecule has 0 aliphatic carbocycles. The van der Waals surface area contributed by atoms with E-state index < -0.39 is 0 Å². The van der Waals surface area contributed by atoms with Crippen molar-refractivity contribution in [2.45, 2.75) is 20.3 Å². The van der Waals surface area contributed by atoms with Crippen LogP contribution in [0, 0.1) is 11.8 Å². The Morgan fingerprint density at radius 1 is 1.28 bits per heavy atom. The number of ether oxygens (including phenoxy) is 1. The van der Waals surface area contributed by atoms with Gasteiger partial charge >= 0.3 is 0 Å². The van der Waals surface area contributed by atoms with E-state index in [4.69, 9.17) is 4.74 Å². The van der Waals surface area contributed by atoms with Gasteiger partial charge in [0.05, 0.1) is 7.11 Å². The molecule has 1 fully saturated rings. The monoisotopic (exact) mass is 250 g/mol. The number of piperidine rings is 1. The van der Waals surface area contributed by atoms with Crippen LogP contribution in [0.15, 0.2) is 6.33 Å². The molecule has 1 aliphatic heterocycles. The van der Waals surface area contributed by atoms with E-state index in [2.05, 4.69) is 34.0 Å². The Kier molecular flexibility index (Phi) is 3.89. The molecule has 2 rings (SSSR count). The minimum absolute atomic E-state index is 0.687. The molecule has 0 bridgehead atoms. The third kappa shape index (κ3) is 2.49. The number of rotatable bonds is 3. The fourth-order valence-corrected chi connectivity index (χ4v) is 2.79. The molecule has 5 heteroatoms. The Balaban J connectivity index is 2.32. The van der Waals surface area contributed by atoms with E-state index in [1.165, 1.54) is 6.42 Å². The van der Waals surface area contributed by atoms with Gasteiger partial charge in [-0.15, -0.1) is 0 Å². The van der Waals surface area contributed by atoms with Crippen molar-refractivity contribution in [3.63, 3.8) is 0 Å². The highest BCUT2D eigenvalue weighted by atomic mass is 16.5. The van der Waals surface area contributed by atoms with E-state index in [0.717, 1.165) is 30.5 Å².